The van der Waals surface area contributed by atoms with E-state index >= 15 is 0 Å². The highest BCUT2D eigenvalue weighted by Crippen LogP contribution is 2.13. The quantitative estimate of drug-likeness (QED) is 0.317. The van der Waals surface area contributed by atoms with Crippen LogP contribution in [0.25, 0.3) is 0 Å². The summed E-state index contributed by atoms with van der Waals surface area (Å²) in [6, 6.07) is 8.67. The Morgan fingerprint density at radius 1 is 1.38 bits per heavy atom. The molecule has 1 unspecified atom stereocenters. The van der Waals surface area contributed by atoms with Crippen LogP contribution < -0.4 is 15.4 Å². The van der Waals surface area contributed by atoms with E-state index in [0.29, 0.717) is 6.04 Å². The van der Waals surface area contributed by atoms with E-state index in [4.69, 9.17) is 4.74 Å². The van der Waals surface area contributed by atoms with Gasteiger partial charge in [-0.05, 0) is 43.9 Å². The van der Waals surface area contributed by atoms with Crippen LogP contribution in [-0.4, -0.2) is 32.7 Å². The summed E-state index contributed by atoms with van der Waals surface area (Å²) in [6.07, 6.45) is 3.18. The van der Waals surface area contributed by atoms with Crippen molar-refractivity contribution in [3.05, 3.63) is 29.8 Å². The smallest absolute Gasteiger partial charge is 0.191 e. The maximum atomic E-state index is 5.23. The van der Waals surface area contributed by atoms with Crippen molar-refractivity contribution in [2.75, 3.05) is 20.7 Å². The highest BCUT2D eigenvalue weighted by molar-refractivity contribution is 14.0. The summed E-state index contributed by atoms with van der Waals surface area (Å²) in [4.78, 5) is 4.22. The molecule has 0 fully saturated rings. The van der Waals surface area contributed by atoms with Crippen molar-refractivity contribution in [2.24, 2.45) is 4.99 Å². The van der Waals surface area contributed by atoms with Crippen molar-refractivity contribution in [2.45, 2.75) is 39.2 Å². The van der Waals surface area contributed by atoms with Crippen LogP contribution in [0.15, 0.2) is 29.3 Å². The van der Waals surface area contributed by atoms with Crippen molar-refractivity contribution in [3.8, 4) is 5.75 Å². The van der Waals surface area contributed by atoms with E-state index in [1.54, 1.807) is 14.2 Å². The Morgan fingerprint density at radius 2 is 2.14 bits per heavy atom. The van der Waals surface area contributed by atoms with Crippen LogP contribution in [0.5, 0.6) is 5.75 Å². The van der Waals surface area contributed by atoms with E-state index in [2.05, 4.69) is 41.6 Å². The normalized spacial score (nSPS) is 12.3. The fourth-order valence-corrected chi connectivity index (χ4v) is 1.86. The molecule has 1 aromatic rings. The molecule has 1 rings (SSSR count). The number of hydrogen-bond donors (Lipinski definition) is 2. The molecule has 0 aliphatic heterocycles. The maximum absolute atomic E-state index is 5.23. The third-order valence-electron chi connectivity index (χ3n) is 3.29. The minimum absolute atomic E-state index is 0. The molecule has 0 radical (unpaired) electrons. The summed E-state index contributed by atoms with van der Waals surface area (Å²) in [5.41, 5.74) is 1.30. The summed E-state index contributed by atoms with van der Waals surface area (Å²) in [6.45, 7) is 5.23. The number of aryl methyl sites for hydroxylation is 1. The van der Waals surface area contributed by atoms with E-state index in [1.165, 1.54) is 5.56 Å². The highest BCUT2D eigenvalue weighted by Gasteiger charge is 2.02. The van der Waals surface area contributed by atoms with E-state index in [9.17, 15) is 0 Å². The third kappa shape index (κ3) is 8.14. The molecule has 120 valence electrons. The van der Waals surface area contributed by atoms with Gasteiger partial charge in [-0.2, -0.15) is 0 Å². The molecule has 0 amide bonds. The number of aliphatic imine (C=N–C) groups is 1. The van der Waals surface area contributed by atoms with Gasteiger partial charge in [0.25, 0.3) is 0 Å². The molecule has 0 saturated heterocycles. The first kappa shape index (κ1) is 20.0. The highest BCUT2D eigenvalue weighted by atomic mass is 127. The number of nitrogens with one attached hydrogen (secondary N) is 2. The lowest BCUT2D eigenvalue weighted by Crippen LogP contribution is -2.42. The van der Waals surface area contributed by atoms with Gasteiger partial charge in [-0.15, -0.1) is 24.0 Å². The van der Waals surface area contributed by atoms with Crippen LogP contribution >= 0.6 is 24.0 Å². The first-order chi connectivity index (χ1) is 9.69. The van der Waals surface area contributed by atoms with Crippen molar-refractivity contribution in [1.29, 1.82) is 0 Å². The summed E-state index contributed by atoms with van der Waals surface area (Å²) in [5, 5.41) is 6.69. The molecule has 0 spiro atoms. The zero-order valence-corrected chi connectivity index (χ0v) is 15.8. The van der Waals surface area contributed by atoms with Crippen molar-refractivity contribution >= 4 is 29.9 Å². The van der Waals surface area contributed by atoms with Gasteiger partial charge in [0.1, 0.15) is 5.75 Å². The topological polar surface area (TPSA) is 45.7 Å². The lowest BCUT2D eigenvalue weighted by atomic mass is 10.1. The second-order valence-corrected chi connectivity index (χ2v) is 4.91. The number of guanidine groups is 1. The zero-order chi connectivity index (χ0) is 14.8. The monoisotopic (exact) mass is 405 g/mol. The number of nitrogens with zero attached hydrogens (tertiary/aromatic N) is 1. The lowest BCUT2D eigenvalue weighted by molar-refractivity contribution is 0.414. The standard InChI is InChI=1S/C16H27N3O.HI/c1-5-13(2)19-16(17-3)18-11-7-9-14-8-6-10-15(12-14)20-4;/h6,8,10,12-13H,5,7,9,11H2,1-4H3,(H2,17,18,19);1H. The van der Waals surface area contributed by atoms with Gasteiger partial charge in [0, 0.05) is 19.6 Å². The average molecular weight is 405 g/mol. The van der Waals surface area contributed by atoms with Gasteiger partial charge in [-0.25, -0.2) is 0 Å². The molecule has 0 aliphatic carbocycles. The fraction of sp³-hybridized carbons (Fsp3) is 0.562. The molecule has 0 aromatic heterocycles. The number of halogens is 1. The molecule has 1 aromatic carbocycles. The summed E-state index contributed by atoms with van der Waals surface area (Å²) < 4.78 is 5.23. The second kappa shape index (κ2) is 11.7. The molecular weight excluding hydrogens is 377 g/mol. The molecule has 2 N–H and O–H groups in total. The van der Waals surface area contributed by atoms with Crippen LogP contribution in [0, 0.1) is 0 Å². The van der Waals surface area contributed by atoms with Crippen LogP contribution in [0.2, 0.25) is 0 Å². The Kier molecular flexibility index (Phi) is 11.1. The fourth-order valence-electron chi connectivity index (χ4n) is 1.86. The Bertz CT molecular complexity index is 424. The number of benzene rings is 1. The van der Waals surface area contributed by atoms with E-state index in [1.807, 2.05) is 12.1 Å². The number of methoxy groups -OCH3 is 1. The summed E-state index contributed by atoms with van der Waals surface area (Å²) >= 11 is 0. The summed E-state index contributed by atoms with van der Waals surface area (Å²) in [5.74, 6) is 1.80. The zero-order valence-electron chi connectivity index (χ0n) is 13.5. The van der Waals surface area contributed by atoms with Gasteiger partial charge in [0.2, 0.25) is 0 Å². The Hall–Kier alpha value is -0.980. The van der Waals surface area contributed by atoms with Crippen molar-refractivity contribution in [3.63, 3.8) is 0 Å². The molecule has 4 nitrogen and oxygen atoms in total. The molecular formula is C16H28IN3O. The van der Waals surface area contributed by atoms with Gasteiger partial charge < -0.3 is 15.4 Å². The predicted molar refractivity (Wildman–Crippen MR) is 101 cm³/mol. The van der Waals surface area contributed by atoms with Gasteiger partial charge in [-0.3, -0.25) is 4.99 Å². The van der Waals surface area contributed by atoms with E-state index in [-0.39, 0.29) is 24.0 Å². The predicted octanol–water partition coefficient (Wildman–Crippen LogP) is 3.21. The average Bonchev–Trinajstić information content (AvgIpc) is 2.50. The molecule has 0 bridgehead atoms. The molecule has 0 heterocycles. The van der Waals surface area contributed by atoms with Crippen LogP contribution in [-0.2, 0) is 6.42 Å². The first-order valence-corrected chi connectivity index (χ1v) is 7.29. The minimum atomic E-state index is 0. The van der Waals surface area contributed by atoms with Gasteiger partial charge in [-0.1, -0.05) is 19.1 Å². The Balaban J connectivity index is 0.00000400. The lowest BCUT2D eigenvalue weighted by Gasteiger charge is -2.16. The Labute approximate surface area is 145 Å². The first-order valence-electron chi connectivity index (χ1n) is 7.29. The minimum Gasteiger partial charge on any atom is -0.497 e. The van der Waals surface area contributed by atoms with Gasteiger partial charge in [0.05, 0.1) is 7.11 Å². The SMILES string of the molecule is CCC(C)NC(=NC)NCCCc1cccc(OC)c1.I. The molecule has 21 heavy (non-hydrogen) atoms. The largest absolute Gasteiger partial charge is 0.497 e. The number of hydrogen-bond acceptors (Lipinski definition) is 2. The number of ether oxygens (including phenoxy) is 1. The molecule has 1 atom stereocenters. The van der Waals surface area contributed by atoms with E-state index < -0.39 is 0 Å². The number of rotatable bonds is 7. The van der Waals surface area contributed by atoms with Crippen LogP contribution in [0.4, 0.5) is 0 Å². The van der Waals surface area contributed by atoms with Crippen LogP contribution in [0.1, 0.15) is 32.3 Å². The molecule has 0 aliphatic rings. The second-order valence-electron chi connectivity index (χ2n) is 4.91. The molecule has 5 heteroatoms. The molecule has 0 saturated carbocycles. The van der Waals surface area contributed by atoms with Crippen molar-refractivity contribution < 1.29 is 4.74 Å². The van der Waals surface area contributed by atoms with Gasteiger partial charge >= 0.3 is 0 Å². The van der Waals surface area contributed by atoms with E-state index in [0.717, 1.165) is 37.5 Å². The van der Waals surface area contributed by atoms with Crippen LogP contribution in [0.3, 0.4) is 0 Å². The Morgan fingerprint density at radius 3 is 2.76 bits per heavy atom. The third-order valence-corrected chi connectivity index (χ3v) is 3.29. The maximum Gasteiger partial charge on any atom is 0.191 e. The summed E-state index contributed by atoms with van der Waals surface area (Å²) in [7, 11) is 3.50. The van der Waals surface area contributed by atoms with Gasteiger partial charge in [0.15, 0.2) is 5.96 Å². The van der Waals surface area contributed by atoms with Crippen molar-refractivity contribution in [1.82, 2.24) is 10.6 Å².